The van der Waals surface area contributed by atoms with Crippen LogP contribution in [-0.2, 0) is 12.6 Å². The van der Waals surface area contributed by atoms with Gasteiger partial charge in [-0.15, -0.1) is 0 Å². The first-order valence-corrected chi connectivity index (χ1v) is 14.3. The Morgan fingerprint density at radius 2 is 1.61 bits per heavy atom. The van der Waals surface area contributed by atoms with Crippen molar-refractivity contribution in [2.45, 2.75) is 31.3 Å². The summed E-state index contributed by atoms with van der Waals surface area (Å²) in [6.45, 7) is 8.87. The Labute approximate surface area is 255 Å². The number of halogens is 4. The summed E-state index contributed by atoms with van der Waals surface area (Å²) in [5, 5.41) is 9.93. The van der Waals surface area contributed by atoms with E-state index in [-0.39, 0.29) is 5.91 Å². The van der Waals surface area contributed by atoms with Crippen molar-refractivity contribution in [3.05, 3.63) is 100 Å². The van der Waals surface area contributed by atoms with E-state index >= 15 is 0 Å². The number of hydrogen-bond acceptors (Lipinski definition) is 5. The van der Waals surface area contributed by atoms with Gasteiger partial charge in [-0.05, 0) is 107 Å². The minimum atomic E-state index is -4.22. The zero-order valence-electron chi connectivity index (χ0n) is 24.7. The first-order valence-electron chi connectivity index (χ1n) is 12.7. The predicted octanol–water partition coefficient (Wildman–Crippen LogP) is 8.36. The molecule has 226 valence electrons. The number of carbonyl (C=O) groups is 1. The number of nitrogens with one attached hydrogen (secondary N) is 1. The molecule has 0 atom stereocenters. The summed E-state index contributed by atoms with van der Waals surface area (Å²) in [5.41, 5.74) is 2.40. The van der Waals surface area contributed by atoms with E-state index in [1.54, 1.807) is 24.1 Å². The normalized spacial score (nSPS) is 10.4. The summed E-state index contributed by atoms with van der Waals surface area (Å²) < 4.78 is 39.2. The average Bonchev–Trinajstić information content (AvgIpc) is 2.95. The Morgan fingerprint density at radius 3 is 2.12 bits per heavy atom. The van der Waals surface area contributed by atoms with Crippen LogP contribution in [0, 0.1) is 0 Å². The molecule has 41 heavy (non-hydrogen) atoms. The van der Waals surface area contributed by atoms with Gasteiger partial charge in [-0.3, -0.25) is 9.10 Å². The lowest BCUT2D eigenvalue weighted by atomic mass is 10.1. The summed E-state index contributed by atoms with van der Waals surface area (Å²) in [4.78, 5) is 15.6. The maximum absolute atomic E-state index is 12.4. The highest BCUT2D eigenvalue weighted by Gasteiger charge is 2.30. The second-order valence-corrected chi connectivity index (χ2v) is 11.1. The number of aliphatic hydroxyl groups is 1. The molecule has 0 aliphatic heterocycles. The highest BCUT2D eigenvalue weighted by molar-refractivity contribution is 9.10. The standard InChI is InChI=1S/C17H17BrN2OS.C9H9F3.C4H11N.CH4O/c1-4-12-10-14(18)8-9-16(12)19-17(21)13-6-5-7-15(11-13)22-20(2)3;1-2-7-4-3-5-8(6-7)9(10,11)12;1-4-5(2)3;1-2/h4-11H,1H2,2-3H3,(H,19,21);3-6H,2H2,1H3;4H2,1-3H3;2H,1H3. The summed E-state index contributed by atoms with van der Waals surface area (Å²) in [7, 11) is 9.05. The fourth-order valence-electron chi connectivity index (χ4n) is 2.88. The van der Waals surface area contributed by atoms with Crippen molar-refractivity contribution in [3.63, 3.8) is 0 Å². The molecular weight excluding hydrogens is 615 g/mol. The molecular formula is C31H41BrF3N3O2S. The maximum Gasteiger partial charge on any atom is 0.416 e. The Morgan fingerprint density at radius 1 is 1.00 bits per heavy atom. The quantitative estimate of drug-likeness (QED) is 0.251. The minimum absolute atomic E-state index is 0.133. The van der Waals surface area contributed by atoms with Gasteiger partial charge in [0.05, 0.1) is 5.56 Å². The third kappa shape index (κ3) is 15.8. The number of anilines is 1. The molecule has 1 amide bonds. The molecule has 0 aromatic heterocycles. The molecule has 0 radical (unpaired) electrons. The smallest absolute Gasteiger partial charge is 0.400 e. The third-order valence-electron chi connectivity index (χ3n) is 5.16. The number of hydrogen-bond donors (Lipinski definition) is 2. The molecule has 0 aliphatic rings. The second kappa shape index (κ2) is 20.3. The van der Waals surface area contributed by atoms with E-state index in [2.05, 4.69) is 53.7 Å². The Kier molecular flexibility index (Phi) is 19.0. The topological polar surface area (TPSA) is 55.8 Å². The molecule has 0 heterocycles. The number of benzene rings is 3. The molecule has 10 heteroatoms. The van der Waals surface area contributed by atoms with Crippen LogP contribution in [0.15, 0.2) is 82.7 Å². The van der Waals surface area contributed by atoms with E-state index in [1.165, 1.54) is 12.1 Å². The van der Waals surface area contributed by atoms with Crippen LogP contribution >= 0.6 is 27.9 Å². The first kappa shape index (κ1) is 38.4. The van der Waals surface area contributed by atoms with Crippen LogP contribution < -0.4 is 5.32 Å². The zero-order valence-corrected chi connectivity index (χ0v) is 27.1. The SMILES string of the molecule is C=Cc1cc(Br)ccc1NC(=O)c1cccc(SN(C)C)c1.CCN(C)C.CCc1cccc(C(F)(F)F)c1.CO. The van der Waals surface area contributed by atoms with Gasteiger partial charge in [0.2, 0.25) is 0 Å². The number of aryl methyl sites for hydroxylation is 1. The number of rotatable bonds is 7. The molecule has 3 aromatic rings. The van der Waals surface area contributed by atoms with Crippen LogP contribution in [0.4, 0.5) is 18.9 Å². The first-order chi connectivity index (χ1) is 19.3. The van der Waals surface area contributed by atoms with E-state index in [0.717, 1.165) is 40.3 Å². The lowest BCUT2D eigenvalue weighted by molar-refractivity contribution is -0.137. The van der Waals surface area contributed by atoms with Crippen LogP contribution in [0.1, 0.15) is 40.9 Å². The van der Waals surface area contributed by atoms with Gasteiger partial charge >= 0.3 is 6.18 Å². The van der Waals surface area contributed by atoms with Crippen molar-refractivity contribution < 1.29 is 23.1 Å². The fourth-order valence-corrected chi connectivity index (χ4v) is 4.00. The van der Waals surface area contributed by atoms with Gasteiger partial charge < -0.3 is 15.3 Å². The van der Waals surface area contributed by atoms with Gasteiger partial charge in [0.25, 0.3) is 5.91 Å². The zero-order chi connectivity index (χ0) is 31.6. The van der Waals surface area contributed by atoms with E-state index in [4.69, 9.17) is 5.11 Å². The van der Waals surface area contributed by atoms with Crippen molar-refractivity contribution >= 4 is 45.5 Å². The van der Waals surface area contributed by atoms with Crippen LogP contribution in [0.2, 0.25) is 0 Å². The number of carbonyl (C=O) groups excluding carboxylic acids is 1. The van der Waals surface area contributed by atoms with Gasteiger partial charge in [0.1, 0.15) is 0 Å². The van der Waals surface area contributed by atoms with Gasteiger partial charge in [-0.2, -0.15) is 13.2 Å². The van der Waals surface area contributed by atoms with Crippen molar-refractivity contribution in [3.8, 4) is 0 Å². The molecule has 0 aliphatic carbocycles. The minimum Gasteiger partial charge on any atom is -0.400 e. The molecule has 3 aromatic carbocycles. The van der Waals surface area contributed by atoms with E-state index in [0.29, 0.717) is 17.5 Å². The molecule has 0 saturated heterocycles. The largest absolute Gasteiger partial charge is 0.416 e. The van der Waals surface area contributed by atoms with Crippen LogP contribution in [0.25, 0.3) is 6.08 Å². The Balaban J connectivity index is 0.000000704. The summed E-state index contributed by atoms with van der Waals surface area (Å²) >= 11 is 4.99. The maximum atomic E-state index is 12.4. The lowest BCUT2D eigenvalue weighted by Gasteiger charge is -2.11. The molecule has 0 bridgehead atoms. The van der Waals surface area contributed by atoms with Gasteiger partial charge in [-0.25, -0.2) is 0 Å². The van der Waals surface area contributed by atoms with Gasteiger partial charge in [-0.1, -0.05) is 66.7 Å². The molecule has 3 rings (SSSR count). The summed E-state index contributed by atoms with van der Waals surface area (Å²) in [6.07, 6.45) is -1.87. The Bertz CT molecular complexity index is 1210. The number of aliphatic hydroxyl groups excluding tert-OH is 1. The highest BCUT2D eigenvalue weighted by Crippen LogP contribution is 2.29. The average molecular weight is 657 g/mol. The number of alkyl halides is 3. The van der Waals surface area contributed by atoms with Crippen molar-refractivity contribution in [1.82, 2.24) is 9.21 Å². The van der Waals surface area contributed by atoms with E-state index in [1.807, 2.05) is 67.8 Å². The molecule has 0 saturated carbocycles. The highest BCUT2D eigenvalue weighted by atomic mass is 79.9. The van der Waals surface area contributed by atoms with Gasteiger partial charge in [0.15, 0.2) is 0 Å². The van der Waals surface area contributed by atoms with Crippen LogP contribution in [0.3, 0.4) is 0 Å². The van der Waals surface area contributed by atoms with E-state index < -0.39 is 11.7 Å². The fraction of sp³-hybridized carbons (Fsp3) is 0.323. The van der Waals surface area contributed by atoms with Crippen molar-refractivity contribution in [2.24, 2.45) is 0 Å². The molecule has 0 spiro atoms. The number of nitrogens with zero attached hydrogens (tertiary/aromatic N) is 2. The summed E-state index contributed by atoms with van der Waals surface area (Å²) in [5.74, 6) is -0.133. The van der Waals surface area contributed by atoms with Crippen LogP contribution in [0.5, 0.6) is 0 Å². The lowest BCUT2D eigenvalue weighted by Crippen LogP contribution is -2.13. The van der Waals surface area contributed by atoms with Crippen LogP contribution in [-0.4, -0.2) is 62.1 Å². The predicted molar refractivity (Wildman–Crippen MR) is 171 cm³/mol. The molecule has 0 fully saturated rings. The second-order valence-electron chi connectivity index (χ2n) is 8.77. The third-order valence-corrected chi connectivity index (χ3v) is 6.48. The van der Waals surface area contributed by atoms with E-state index in [9.17, 15) is 18.0 Å². The van der Waals surface area contributed by atoms with Crippen molar-refractivity contribution in [1.29, 1.82) is 0 Å². The molecule has 5 nitrogen and oxygen atoms in total. The monoisotopic (exact) mass is 655 g/mol. The summed E-state index contributed by atoms with van der Waals surface area (Å²) in [6, 6.07) is 18.6. The number of amides is 1. The van der Waals surface area contributed by atoms with Gasteiger partial charge in [0, 0.05) is 27.7 Å². The Hall–Kier alpha value is -2.63. The van der Waals surface area contributed by atoms with Crippen molar-refractivity contribution in [2.75, 3.05) is 47.2 Å². The molecule has 2 N–H and O–H groups in total. The molecule has 0 unspecified atom stereocenters.